The number of oxazole rings is 1. The molecule has 2 aromatic heterocycles. The van der Waals surface area contributed by atoms with Gasteiger partial charge in [0.2, 0.25) is 17.6 Å². The monoisotopic (exact) mass is 502 g/mol. The molecule has 0 saturated heterocycles. The van der Waals surface area contributed by atoms with Crippen molar-refractivity contribution >= 4 is 41.5 Å². The van der Waals surface area contributed by atoms with Gasteiger partial charge >= 0.3 is 0 Å². The summed E-state index contributed by atoms with van der Waals surface area (Å²) in [5, 5.41) is 10.9. The first kappa shape index (κ1) is 21.2. The lowest BCUT2D eigenvalue weighted by Gasteiger charge is -2.08. The second kappa shape index (κ2) is 9.70. The molecule has 0 radical (unpaired) electrons. The lowest BCUT2D eigenvalue weighted by molar-refractivity contribution is 0.375. The highest BCUT2D eigenvalue weighted by atomic mass is 127. The number of guanidine groups is 1. The predicted molar refractivity (Wildman–Crippen MR) is 113 cm³/mol. The molecule has 1 aromatic carbocycles. The molecule has 2 N–H and O–H groups in total. The van der Waals surface area contributed by atoms with Crippen LogP contribution in [-0.4, -0.2) is 28.1 Å². The smallest absolute Gasteiger partial charge is 0.246 e. The highest BCUT2D eigenvalue weighted by Gasteiger charge is 2.10. The summed E-state index contributed by atoms with van der Waals surface area (Å²) < 4.78 is 10.8. The van der Waals surface area contributed by atoms with Crippen molar-refractivity contribution in [3.63, 3.8) is 0 Å². The summed E-state index contributed by atoms with van der Waals surface area (Å²) in [7, 11) is 1.67. The quantitative estimate of drug-likeness (QED) is 0.313. The van der Waals surface area contributed by atoms with E-state index in [0.29, 0.717) is 41.7 Å². The normalized spacial score (nSPS) is 11.2. The molecule has 0 bridgehead atoms. The Morgan fingerprint density at radius 1 is 1.07 bits per heavy atom. The minimum atomic E-state index is 0. The molecule has 0 spiro atoms. The summed E-state index contributed by atoms with van der Waals surface area (Å²) in [6.45, 7) is 4.55. The Morgan fingerprint density at radius 2 is 1.74 bits per heavy atom. The highest BCUT2D eigenvalue weighted by molar-refractivity contribution is 14.0. The van der Waals surface area contributed by atoms with Crippen LogP contribution in [-0.2, 0) is 13.1 Å². The molecule has 10 heteroatoms. The predicted octanol–water partition coefficient (Wildman–Crippen LogP) is 3.48. The number of aromatic nitrogens is 3. The van der Waals surface area contributed by atoms with Gasteiger partial charge in [-0.1, -0.05) is 16.8 Å². The lowest BCUT2D eigenvalue weighted by atomic mass is 10.2. The van der Waals surface area contributed by atoms with Crippen LogP contribution >= 0.6 is 35.6 Å². The molecule has 0 atom stereocenters. The first-order valence-corrected chi connectivity index (χ1v) is 8.39. The van der Waals surface area contributed by atoms with Crippen LogP contribution in [0.25, 0.3) is 11.4 Å². The summed E-state index contributed by atoms with van der Waals surface area (Å²) in [6.07, 6.45) is 0. The summed E-state index contributed by atoms with van der Waals surface area (Å²) in [6, 6.07) is 7.24. The van der Waals surface area contributed by atoms with Gasteiger partial charge in [0.1, 0.15) is 5.76 Å². The van der Waals surface area contributed by atoms with Crippen molar-refractivity contribution in [2.45, 2.75) is 26.9 Å². The van der Waals surface area contributed by atoms with Gasteiger partial charge in [-0.2, -0.15) is 4.98 Å². The van der Waals surface area contributed by atoms with Crippen LogP contribution in [0, 0.1) is 13.8 Å². The van der Waals surface area contributed by atoms with Crippen molar-refractivity contribution in [1.82, 2.24) is 25.8 Å². The van der Waals surface area contributed by atoms with Crippen LogP contribution in [0.2, 0.25) is 5.02 Å². The molecule has 0 aliphatic heterocycles. The number of rotatable bonds is 5. The average Bonchev–Trinajstić information content (AvgIpc) is 3.23. The number of halogens is 2. The number of hydrogen-bond acceptors (Lipinski definition) is 6. The Balaban J connectivity index is 0.00000261. The maximum absolute atomic E-state index is 5.88. The van der Waals surface area contributed by atoms with Crippen LogP contribution in [0.15, 0.2) is 38.2 Å². The zero-order chi connectivity index (χ0) is 18.5. The summed E-state index contributed by atoms with van der Waals surface area (Å²) in [5.74, 6) is 2.94. The third kappa shape index (κ3) is 5.67. The fourth-order valence-corrected chi connectivity index (χ4v) is 2.32. The number of hydrogen-bond donors (Lipinski definition) is 2. The molecule has 0 saturated carbocycles. The minimum absolute atomic E-state index is 0. The topological polar surface area (TPSA) is 101 Å². The van der Waals surface area contributed by atoms with Crippen molar-refractivity contribution in [2.75, 3.05) is 7.05 Å². The van der Waals surface area contributed by atoms with Gasteiger partial charge in [-0.05, 0) is 38.1 Å². The van der Waals surface area contributed by atoms with E-state index in [9.17, 15) is 0 Å². The van der Waals surface area contributed by atoms with Crippen LogP contribution in [0.5, 0.6) is 0 Å². The molecule has 27 heavy (non-hydrogen) atoms. The van der Waals surface area contributed by atoms with Crippen LogP contribution in [0.4, 0.5) is 0 Å². The number of nitrogens with one attached hydrogen (secondary N) is 2. The van der Waals surface area contributed by atoms with Crippen LogP contribution < -0.4 is 10.6 Å². The van der Waals surface area contributed by atoms with Crippen molar-refractivity contribution in [3.05, 3.63) is 52.5 Å². The first-order chi connectivity index (χ1) is 12.5. The molecule has 3 aromatic rings. The molecular formula is C17H20ClIN6O2. The molecule has 0 aliphatic carbocycles. The van der Waals surface area contributed by atoms with Gasteiger partial charge in [-0.25, -0.2) is 4.98 Å². The van der Waals surface area contributed by atoms with E-state index < -0.39 is 0 Å². The van der Waals surface area contributed by atoms with E-state index in [1.807, 2.05) is 26.0 Å². The minimum Gasteiger partial charge on any atom is -0.444 e. The molecule has 2 heterocycles. The van der Waals surface area contributed by atoms with E-state index >= 15 is 0 Å². The van der Waals surface area contributed by atoms with Gasteiger partial charge in [0.05, 0.1) is 18.8 Å². The largest absolute Gasteiger partial charge is 0.444 e. The van der Waals surface area contributed by atoms with Gasteiger partial charge in [-0.3, -0.25) is 4.99 Å². The fourth-order valence-electron chi connectivity index (χ4n) is 2.20. The van der Waals surface area contributed by atoms with Crippen LogP contribution in [0.3, 0.4) is 0 Å². The van der Waals surface area contributed by atoms with E-state index in [-0.39, 0.29) is 24.0 Å². The lowest BCUT2D eigenvalue weighted by Crippen LogP contribution is -2.36. The maximum Gasteiger partial charge on any atom is 0.246 e. The zero-order valence-electron chi connectivity index (χ0n) is 15.1. The molecular weight excluding hydrogens is 483 g/mol. The Labute approximate surface area is 178 Å². The molecule has 0 aliphatic rings. The zero-order valence-corrected chi connectivity index (χ0v) is 18.2. The third-order valence-corrected chi connectivity index (χ3v) is 3.93. The van der Waals surface area contributed by atoms with Crippen molar-refractivity contribution in [1.29, 1.82) is 0 Å². The number of aliphatic imine (C=N–C) groups is 1. The van der Waals surface area contributed by atoms with Gasteiger partial charge in [0.25, 0.3) is 0 Å². The summed E-state index contributed by atoms with van der Waals surface area (Å²) in [5.41, 5.74) is 1.71. The average molecular weight is 503 g/mol. The maximum atomic E-state index is 5.88. The molecule has 3 rings (SSSR count). The van der Waals surface area contributed by atoms with E-state index in [4.69, 9.17) is 20.5 Å². The highest BCUT2D eigenvalue weighted by Crippen LogP contribution is 2.18. The van der Waals surface area contributed by atoms with Crippen LogP contribution in [0.1, 0.15) is 23.2 Å². The Hall–Kier alpha value is -2.14. The van der Waals surface area contributed by atoms with Crippen molar-refractivity contribution < 1.29 is 8.94 Å². The van der Waals surface area contributed by atoms with Crippen molar-refractivity contribution in [3.8, 4) is 11.4 Å². The Bertz CT molecular complexity index is 887. The van der Waals surface area contributed by atoms with Gasteiger partial charge < -0.3 is 19.6 Å². The number of aryl methyl sites for hydroxylation is 2. The molecule has 8 nitrogen and oxygen atoms in total. The van der Waals surface area contributed by atoms with Gasteiger partial charge in [0, 0.05) is 17.6 Å². The number of nitrogens with zero attached hydrogens (tertiary/aromatic N) is 4. The van der Waals surface area contributed by atoms with E-state index in [2.05, 4.69) is 30.8 Å². The fraction of sp³-hybridized carbons (Fsp3) is 0.294. The molecule has 0 amide bonds. The summed E-state index contributed by atoms with van der Waals surface area (Å²) in [4.78, 5) is 12.8. The first-order valence-electron chi connectivity index (χ1n) is 8.01. The second-order valence-corrected chi connectivity index (χ2v) is 5.98. The third-order valence-electron chi connectivity index (χ3n) is 3.68. The van der Waals surface area contributed by atoms with E-state index in [1.165, 1.54) is 0 Å². The van der Waals surface area contributed by atoms with Gasteiger partial charge in [0.15, 0.2) is 5.96 Å². The van der Waals surface area contributed by atoms with Crippen molar-refractivity contribution in [2.24, 2.45) is 4.99 Å². The Kier molecular flexibility index (Phi) is 7.60. The van der Waals surface area contributed by atoms with E-state index in [1.54, 1.807) is 19.2 Å². The standard InChI is InChI=1S/C17H19ClN6O2.HI/c1-10-11(2)25-14(22-10)8-20-17(19-3)21-9-15-23-16(24-26-15)12-4-6-13(18)7-5-12;/h4-7H,8-9H2,1-3H3,(H2,19,20,21);1H. The summed E-state index contributed by atoms with van der Waals surface area (Å²) >= 11 is 5.88. The SMILES string of the molecule is CN=C(NCc1nc(-c2ccc(Cl)cc2)no1)NCc1nc(C)c(C)o1.I. The second-order valence-electron chi connectivity index (χ2n) is 5.55. The molecule has 0 fully saturated rings. The Morgan fingerprint density at radius 3 is 2.33 bits per heavy atom. The number of benzene rings is 1. The van der Waals surface area contributed by atoms with E-state index in [0.717, 1.165) is 17.0 Å². The molecule has 144 valence electrons. The van der Waals surface area contributed by atoms with Gasteiger partial charge in [-0.15, -0.1) is 24.0 Å². The molecule has 0 unspecified atom stereocenters.